The Morgan fingerprint density at radius 3 is 2.59 bits per heavy atom. The summed E-state index contributed by atoms with van der Waals surface area (Å²) in [6.07, 6.45) is 5.36. The van der Waals surface area contributed by atoms with Crippen LogP contribution < -0.4 is 11.1 Å². The number of nitrogens with two attached hydrogens (primary N) is 1. The Bertz CT molecular complexity index is 361. The first-order valence-corrected chi connectivity index (χ1v) is 8.28. The van der Waals surface area contributed by atoms with E-state index in [1.807, 2.05) is 6.92 Å². The molecule has 5 nitrogen and oxygen atoms in total. The Balaban J connectivity index is 0.00000441. The number of amides is 2. The SMILES string of the molecule is CCCCNC(=O)C1CCCN(C(=O)C(C)(N)CCC)C1.Cl. The molecule has 0 aromatic carbocycles. The van der Waals surface area contributed by atoms with Crippen molar-refractivity contribution in [3.8, 4) is 0 Å². The molecule has 1 saturated heterocycles. The summed E-state index contributed by atoms with van der Waals surface area (Å²) in [6.45, 7) is 7.87. The maximum Gasteiger partial charge on any atom is 0.242 e. The van der Waals surface area contributed by atoms with Gasteiger partial charge in [0.1, 0.15) is 0 Å². The third-order valence-electron chi connectivity index (χ3n) is 4.17. The summed E-state index contributed by atoms with van der Waals surface area (Å²) < 4.78 is 0. The molecule has 3 N–H and O–H groups in total. The molecule has 1 rings (SSSR count). The first kappa shape index (κ1) is 21.2. The predicted molar refractivity (Wildman–Crippen MR) is 92.0 cm³/mol. The van der Waals surface area contributed by atoms with Gasteiger partial charge in [0.05, 0.1) is 11.5 Å². The van der Waals surface area contributed by atoms with Crippen LogP contribution in [0.25, 0.3) is 0 Å². The first-order valence-electron chi connectivity index (χ1n) is 8.28. The monoisotopic (exact) mass is 333 g/mol. The lowest BCUT2D eigenvalue weighted by atomic mass is 9.91. The average molecular weight is 334 g/mol. The van der Waals surface area contributed by atoms with E-state index in [4.69, 9.17) is 5.73 Å². The van der Waals surface area contributed by atoms with E-state index >= 15 is 0 Å². The van der Waals surface area contributed by atoms with Crippen LogP contribution in [-0.2, 0) is 9.59 Å². The summed E-state index contributed by atoms with van der Waals surface area (Å²) in [5.74, 6) is -0.0254. The molecule has 0 saturated carbocycles. The Labute approximate surface area is 140 Å². The second-order valence-corrected chi connectivity index (χ2v) is 6.40. The summed E-state index contributed by atoms with van der Waals surface area (Å²) in [7, 11) is 0. The highest BCUT2D eigenvalue weighted by Gasteiger charge is 2.35. The van der Waals surface area contributed by atoms with E-state index in [0.29, 0.717) is 19.5 Å². The summed E-state index contributed by atoms with van der Waals surface area (Å²) in [5, 5.41) is 2.97. The normalized spacial score (nSPS) is 20.7. The molecule has 2 atom stereocenters. The molecule has 6 heteroatoms. The van der Waals surface area contributed by atoms with E-state index in [0.717, 1.165) is 38.6 Å². The second kappa shape index (κ2) is 10.1. The molecule has 1 aliphatic heterocycles. The van der Waals surface area contributed by atoms with Gasteiger partial charge in [-0.05, 0) is 32.6 Å². The number of piperidine rings is 1. The van der Waals surface area contributed by atoms with Gasteiger partial charge in [0.15, 0.2) is 0 Å². The van der Waals surface area contributed by atoms with Crippen LogP contribution in [0.3, 0.4) is 0 Å². The lowest BCUT2D eigenvalue weighted by molar-refractivity contribution is -0.140. The molecule has 130 valence electrons. The summed E-state index contributed by atoms with van der Waals surface area (Å²) in [6, 6.07) is 0. The zero-order valence-electron chi connectivity index (χ0n) is 14.2. The Kier molecular flexibility index (Phi) is 9.69. The number of hydrogen-bond acceptors (Lipinski definition) is 3. The quantitative estimate of drug-likeness (QED) is 0.700. The van der Waals surface area contributed by atoms with Gasteiger partial charge in [-0.25, -0.2) is 0 Å². The number of unbranched alkanes of at least 4 members (excludes halogenated alkanes) is 1. The van der Waals surface area contributed by atoms with Crippen LogP contribution in [-0.4, -0.2) is 41.9 Å². The van der Waals surface area contributed by atoms with Gasteiger partial charge in [0, 0.05) is 19.6 Å². The molecule has 2 amide bonds. The number of hydrogen-bond donors (Lipinski definition) is 2. The Morgan fingerprint density at radius 1 is 1.32 bits per heavy atom. The standard InChI is InChI=1S/C16H31N3O2.ClH/c1-4-6-10-18-14(20)13-8-7-11-19(12-13)15(21)16(3,17)9-5-2;/h13H,4-12,17H2,1-3H3,(H,18,20);1H. The molecule has 0 radical (unpaired) electrons. The maximum absolute atomic E-state index is 12.5. The first-order chi connectivity index (χ1) is 9.92. The predicted octanol–water partition coefficient (Wildman–Crippen LogP) is 2.08. The molecular weight excluding hydrogens is 302 g/mol. The topological polar surface area (TPSA) is 75.4 Å². The van der Waals surface area contributed by atoms with E-state index in [9.17, 15) is 9.59 Å². The summed E-state index contributed by atoms with van der Waals surface area (Å²) >= 11 is 0. The van der Waals surface area contributed by atoms with Crippen molar-refractivity contribution >= 4 is 24.2 Å². The van der Waals surface area contributed by atoms with Gasteiger partial charge < -0.3 is 16.0 Å². The number of likely N-dealkylation sites (tertiary alicyclic amines) is 1. The molecule has 1 fully saturated rings. The summed E-state index contributed by atoms with van der Waals surface area (Å²) in [5.41, 5.74) is 5.32. The highest BCUT2D eigenvalue weighted by atomic mass is 35.5. The minimum absolute atomic E-state index is 0. The van der Waals surface area contributed by atoms with E-state index < -0.39 is 5.54 Å². The van der Waals surface area contributed by atoms with Gasteiger partial charge in [0.2, 0.25) is 11.8 Å². The highest BCUT2D eigenvalue weighted by Crippen LogP contribution is 2.21. The number of nitrogens with zero attached hydrogens (tertiary/aromatic N) is 1. The van der Waals surface area contributed by atoms with Gasteiger partial charge in [0.25, 0.3) is 0 Å². The molecule has 0 spiro atoms. The third-order valence-corrected chi connectivity index (χ3v) is 4.17. The fourth-order valence-electron chi connectivity index (χ4n) is 2.90. The van der Waals surface area contributed by atoms with E-state index in [2.05, 4.69) is 12.2 Å². The average Bonchev–Trinajstić information content (AvgIpc) is 2.46. The van der Waals surface area contributed by atoms with Crippen molar-refractivity contribution < 1.29 is 9.59 Å². The van der Waals surface area contributed by atoms with Crippen LogP contribution in [0, 0.1) is 5.92 Å². The van der Waals surface area contributed by atoms with Gasteiger partial charge in [-0.15, -0.1) is 12.4 Å². The number of carbonyl (C=O) groups excluding carboxylic acids is 2. The zero-order valence-corrected chi connectivity index (χ0v) is 15.0. The second-order valence-electron chi connectivity index (χ2n) is 6.40. The van der Waals surface area contributed by atoms with Gasteiger partial charge in [-0.1, -0.05) is 26.7 Å². The van der Waals surface area contributed by atoms with Crippen LogP contribution in [0.5, 0.6) is 0 Å². The van der Waals surface area contributed by atoms with Crippen LogP contribution in [0.15, 0.2) is 0 Å². The van der Waals surface area contributed by atoms with Crippen molar-refractivity contribution in [3.63, 3.8) is 0 Å². The fraction of sp³-hybridized carbons (Fsp3) is 0.875. The smallest absolute Gasteiger partial charge is 0.242 e. The van der Waals surface area contributed by atoms with Crippen molar-refractivity contribution in [2.24, 2.45) is 11.7 Å². The molecule has 1 heterocycles. The molecule has 0 bridgehead atoms. The molecule has 1 aliphatic rings. The molecule has 2 unspecified atom stereocenters. The minimum Gasteiger partial charge on any atom is -0.356 e. The van der Waals surface area contributed by atoms with Crippen molar-refractivity contribution in [2.75, 3.05) is 19.6 Å². The van der Waals surface area contributed by atoms with Crippen LogP contribution in [0.1, 0.15) is 59.3 Å². The van der Waals surface area contributed by atoms with Gasteiger partial charge in [-0.3, -0.25) is 9.59 Å². The molecule has 0 aromatic rings. The van der Waals surface area contributed by atoms with Crippen LogP contribution >= 0.6 is 12.4 Å². The van der Waals surface area contributed by atoms with Crippen LogP contribution in [0.4, 0.5) is 0 Å². The van der Waals surface area contributed by atoms with E-state index in [-0.39, 0.29) is 30.1 Å². The molecule has 22 heavy (non-hydrogen) atoms. The largest absolute Gasteiger partial charge is 0.356 e. The van der Waals surface area contributed by atoms with E-state index in [1.165, 1.54) is 0 Å². The van der Waals surface area contributed by atoms with E-state index in [1.54, 1.807) is 11.8 Å². The number of carbonyl (C=O) groups is 2. The molecule has 0 aliphatic carbocycles. The minimum atomic E-state index is -0.810. The van der Waals surface area contributed by atoms with Gasteiger partial charge in [-0.2, -0.15) is 0 Å². The van der Waals surface area contributed by atoms with Crippen molar-refractivity contribution in [1.82, 2.24) is 10.2 Å². The number of rotatable bonds is 7. The third kappa shape index (κ3) is 6.13. The summed E-state index contributed by atoms with van der Waals surface area (Å²) in [4.78, 5) is 26.4. The Hall–Kier alpha value is -0.810. The molecular formula is C16H32ClN3O2. The molecule has 0 aromatic heterocycles. The maximum atomic E-state index is 12.5. The lowest BCUT2D eigenvalue weighted by Crippen LogP contribution is -2.56. The van der Waals surface area contributed by atoms with Crippen molar-refractivity contribution in [2.45, 2.75) is 64.8 Å². The number of halogens is 1. The Morgan fingerprint density at radius 2 is 2.00 bits per heavy atom. The van der Waals surface area contributed by atoms with Crippen LogP contribution in [0.2, 0.25) is 0 Å². The van der Waals surface area contributed by atoms with Gasteiger partial charge >= 0.3 is 0 Å². The van der Waals surface area contributed by atoms with Crippen molar-refractivity contribution in [1.29, 1.82) is 0 Å². The zero-order chi connectivity index (χ0) is 15.9. The highest BCUT2D eigenvalue weighted by molar-refractivity contribution is 5.87. The number of nitrogens with one attached hydrogen (secondary N) is 1. The lowest BCUT2D eigenvalue weighted by Gasteiger charge is -2.37. The fourth-order valence-corrected chi connectivity index (χ4v) is 2.90. The van der Waals surface area contributed by atoms with Crippen molar-refractivity contribution in [3.05, 3.63) is 0 Å².